The number of allylic oxidation sites excluding steroid dienone is 1. The highest BCUT2D eigenvalue weighted by atomic mass is 16.5. The van der Waals surface area contributed by atoms with Gasteiger partial charge < -0.3 is 9.84 Å². The molecule has 1 heterocycles. The van der Waals surface area contributed by atoms with E-state index >= 15 is 0 Å². The molecule has 0 aromatic heterocycles. The van der Waals surface area contributed by atoms with Crippen LogP contribution >= 0.6 is 0 Å². The van der Waals surface area contributed by atoms with Crippen LogP contribution in [-0.4, -0.2) is 23.0 Å². The van der Waals surface area contributed by atoms with Gasteiger partial charge in [0.2, 0.25) is 0 Å². The Hall–Kier alpha value is -1.68. The second-order valence-electron chi connectivity index (χ2n) is 3.68. The maximum absolute atomic E-state index is 11.1. The molecule has 2 rings (SSSR count). The lowest BCUT2D eigenvalue weighted by Crippen LogP contribution is -2.31. The third-order valence-corrected chi connectivity index (χ3v) is 2.46. The number of carbonyl (C=O) groups is 2. The molecule has 0 amide bonds. The Morgan fingerprint density at radius 1 is 1.60 bits per heavy atom. The second-order valence-corrected chi connectivity index (χ2v) is 3.68. The molecule has 1 N–H and O–H groups in total. The van der Waals surface area contributed by atoms with Crippen molar-refractivity contribution in [2.24, 2.45) is 0 Å². The molecule has 0 saturated heterocycles. The highest BCUT2D eigenvalue weighted by Crippen LogP contribution is 2.33. The van der Waals surface area contributed by atoms with Gasteiger partial charge in [0.1, 0.15) is 11.4 Å². The molecule has 15 heavy (non-hydrogen) atoms. The average Bonchev–Trinajstić information content (AvgIpc) is 2.16. The van der Waals surface area contributed by atoms with Crippen LogP contribution in [0.5, 0.6) is 0 Å². The van der Waals surface area contributed by atoms with Crippen LogP contribution in [0.1, 0.15) is 13.3 Å². The van der Waals surface area contributed by atoms with E-state index in [-0.39, 0.29) is 17.8 Å². The van der Waals surface area contributed by atoms with Crippen molar-refractivity contribution < 1.29 is 19.4 Å². The first-order valence-electron chi connectivity index (χ1n) is 4.57. The zero-order chi connectivity index (χ0) is 11.1. The van der Waals surface area contributed by atoms with Gasteiger partial charge >= 0.3 is 5.97 Å². The maximum Gasteiger partial charge on any atom is 0.315 e. The molecule has 1 unspecified atom stereocenters. The van der Waals surface area contributed by atoms with E-state index in [1.54, 1.807) is 12.2 Å². The largest absolute Gasteiger partial charge is 0.425 e. The zero-order valence-corrected chi connectivity index (χ0v) is 8.19. The van der Waals surface area contributed by atoms with Gasteiger partial charge in [0.25, 0.3) is 0 Å². The van der Waals surface area contributed by atoms with Crippen LogP contribution in [-0.2, 0) is 14.3 Å². The minimum atomic E-state index is -1.37. The molecule has 0 aromatic rings. The van der Waals surface area contributed by atoms with Crippen molar-refractivity contribution in [1.82, 2.24) is 0 Å². The van der Waals surface area contributed by atoms with Crippen LogP contribution in [0.4, 0.5) is 0 Å². The van der Waals surface area contributed by atoms with E-state index in [0.717, 1.165) is 0 Å². The van der Waals surface area contributed by atoms with Crippen LogP contribution in [0.2, 0.25) is 0 Å². The van der Waals surface area contributed by atoms with Crippen LogP contribution in [0.25, 0.3) is 0 Å². The summed E-state index contributed by atoms with van der Waals surface area (Å²) in [5.74, 6) is -0.243. The summed E-state index contributed by atoms with van der Waals surface area (Å²) < 4.78 is 4.96. The Bertz CT molecular complexity index is 424. The molecule has 1 aliphatic heterocycles. The summed E-state index contributed by atoms with van der Waals surface area (Å²) >= 11 is 0. The normalized spacial score (nSPS) is 29.5. The molecule has 0 saturated carbocycles. The highest BCUT2D eigenvalue weighted by molar-refractivity contribution is 5.85. The number of hydrogen-bond donors (Lipinski definition) is 1. The zero-order valence-electron chi connectivity index (χ0n) is 8.19. The van der Waals surface area contributed by atoms with Crippen molar-refractivity contribution in [3.05, 3.63) is 35.1 Å². The van der Waals surface area contributed by atoms with Gasteiger partial charge in [0.05, 0.1) is 12.0 Å². The van der Waals surface area contributed by atoms with E-state index in [2.05, 4.69) is 0 Å². The summed E-state index contributed by atoms with van der Waals surface area (Å²) in [6, 6.07) is 0. The van der Waals surface area contributed by atoms with E-state index in [4.69, 9.17) is 4.74 Å². The van der Waals surface area contributed by atoms with Gasteiger partial charge in [-0.15, -0.1) is 0 Å². The van der Waals surface area contributed by atoms with Crippen molar-refractivity contribution in [2.75, 3.05) is 0 Å². The van der Waals surface area contributed by atoms with Crippen LogP contribution < -0.4 is 0 Å². The van der Waals surface area contributed by atoms with Gasteiger partial charge in [-0.05, 0) is 13.0 Å². The van der Waals surface area contributed by atoms with Crippen molar-refractivity contribution in [3.8, 4) is 0 Å². The van der Waals surface area contributed by atoms with Crippen LogP contribution in [0, 0.1) is 0 Å². The van der Waals surface area contributed by atoms with Gasteiger partial charge in [-0.1, -0.05) is 12.2 Å². The number of aliphatic hydroxyl groups is 1. The fourth-order valence-electron chi connectivity index (χ4n) is 1.60. The van der Waals surface area contributed by atoms with E-state index in [0.29, 0.717) is 11.9 Å². The monoisotopic (exact) mass is 206 g/mol. The number of esters is 1. The Morgan fingerprint density at radius 2 is 2.33 bits per heavy atom. The van der Waals surface area contributed by atoms with Gasteiger partial charge in [0, 0.05) is 5.57 Å². The first kappa shape index (κ1) is 9.86. The molecular formula is C11H10O4. The van der Waals surface area contributed by atoms with Crippen molar-refractivity contribution in [2.45, 2.75) is 18.9 Å². The quantitative estimate of drug-likeness (QED) is 0.505. The van der Waals surface area contributed by atoms with E-state index in [9.17, 15) is 14.7 Å². The Morgan fingerprint density at radius 3 is 3.00 bits per heavy atom. The summed E-state index contributed by atoms with van der Waals surface area (Å²) in [7, 11) is 0. The number of carbonyl (C=O) groups excluding carboxylic acids is 2. The maximum atomic E-state index is 11.1. The SMILES string of the molecule is CC1(O)C=CC2=CCC(=O)OC2=C1C=O. The van der Waals surface area contributed by atoms with Gasteiger partial charge in [-0.25, -0.2) is 0 Å². The van der Waals surface area contributed by atoms with E-state index < -0.39 is 11.6 Å². The summed E-state index contributed by atoms with van der Waals surface area (Å²) in [6.45, 7) is 1.47. The average molecular weight is 206 g/mol. The number of hydrogen-bond acceptors (Lipinski definition) is 4. The molecule has 0 aromatic carbocycles. The summed E-state index contributed by atoms with van der Waals surface area (Å²) in [4.78, 5) is 21.9. The lowest BCUT2D eigenvalue weighted by Gasteiger charge is -2.28. The number of ether oxygens (including phenoxy) is 1. The third-order valence-electron chi connectivity index (χ3n) is 2.46. The summed E-state index contributed by atoms with van der Waals surface area (Å²) in [5.41, 5.74) is -0.612. The Labute approximate surface area is 86.5 Å². The first-order chi connectivity index (χ1) is 7.04. The Balaban J connectivity index is 2.58. The molecule has 1 aliphatic carbocycles. The lowest BCUT2D eigenvalue weighted by molar-refractivity contribution is -0.139. The van der Waals surface area contributed by atoms with E-state index in [1.165, 1.54) is 13.0 Å². The number of aldehydes is 1. The number of rotatable bonds is 1. The minimum Gasteiger partial charge on any atom is -0.425 e. The molecular weight excluding hydrogens is 196 g/mol. The van der Waals surface area contributed by atoms with E-state index in [1.807, 2.05) is 0 Å². The molecule has 0 fully saturated rings. The molecule has 4 heteroatoms. The molecule has 78 valence electrons. The summed E-state index contributed by atoms with van der Waals surface area (Å²) in [6.07, 6.45) is 5.54. The molecule has 0 radical (unpaired) electrons. The smallest absolute Gasteiger partial charge is 0.315 e. The standard InChI is InChI=1S/C11H10O4/c1-11(14)5-4-7-2-3-9(13)15-10(7)8(11)6-12/h2,4-6,14H,3H2,1H3. The topological polar surface area (TPSA) is 63.6 Å². The predicted molar refractivity (Wildman–Crippen MR) is 51.6 cm³/mol. The van der Waals surface area contributed by atoms with Gasteiger partial charge in [-0.2, -0.15) is 0 Å². The molecule has 4 nitrogen and oxygen atoms in total. The fourth-order valence-corrected chi connectivity index (χ4v) is 1.60. The molecule has 2 aliphatic rings. The first-order valence-corrected chi connectivity index (χ1v) is 4.57. The minimum absolute atomic E-state index is 0.0873. The van der Waals surface area contributed by atoms with Crippen molar-refractivity contribution >= 4 is 12.3 Å². The molecule has 0 spiro atoms. The third kappa shape index (κ3) is 1.53. The lowest BCUT2D eigenvalue weighted by atomic mass is 9.87. The van der Waals surface area contributed by atoms with Crippen LogP contribution in [0.3, 0.4) is 0 Å². The molecule has 0 bridgehead atoms. The van der Waals surface area contributed by atoms with Crippen LogP contribution in [0.15, 0.2) is 35.1 Å². The Kier molecular flexibility index (Phi) is 2.08. The van der Waals surface area contributed by atoms with Gasteiger partial charge in [-0.3, -0.25) is 9.59 Å². The summed E-state index contributed by atoms with van der Waals surface area (Å²) in [5, 5.41) is 9.86. The van der Waals surface area contributed by atoms with Crippen molar-refractivity contribution in [3.63, 3.8) is 0 Å². The highest BCUT2D eigenvalue weighted by Gasteiger charge is 2.33. The number of fused-ring (bicyclic) bond motifs is 1. The van der Waals surface area contributed by atoms with Crippen molar-refractivity contribution in [1.29, 1.82) is 0 Å². The predicted octanol–water partition coefficient (Wildman–Crippen LogP) is 0.633. The molecule has 1 atom stereocenters. The van der Waals surface area contributed by atoms with Gasteiger partial charge in [0.15, 0.2) is 6.29 Å². The second kappa shape index (κ2) is 3.17. The fraction of sp³-hybridized carbons (Fsp3) is 0.273.